The number of nitrogens with zero attached hydrogens (tertiary/aromatic N) is 2. The Morgan fingerprint density at radius 2 is 1.93 bits per heavy atom. The molecule has 2 aromatic carbocycles. The Bertz CT molecular complexity index is 1080. The number of para-hydroxylation sites is 1. The lowest BCUT2D eigenvalue weighted by molar-refractivity contribution is 0.0971. The molecule has 0 saturated heterocycles. The molecule has 0 saturated carbocycles. The fourth-order valence-corrected chi connectivity index (χ4v) is 3.07. The van der Waals surface area contributed by atoms with Crippen LogP contribution >= 0.6 is 0 Å². The Kier molecular flexibility index (Phi) is 4.53. The van der Waals surface area contributed by atoms with Crippen molar-refractivity contribution in [3.05, 3.63) is 84.6 Å². The molecule has 0 bridgehead atoms. The van der Waals surface area contributed by atoms with Crippen molar-refractivity contribution in [3.8, 4) is 5.75 Å². The molecule has 0 amide bonds. The van der Waals surface area contributed by atoms with Crippen LogP contribution < -0.4 is 10.1 Å². The Labute approximate surface area is 156 Å². The third-order valence-electron chi connectivity index (χ3n) is 4.41. The molecule has 1 atom stereocenters. The lowest BCUT2D eigenvalue weighted by Gasteiger charge is -2.19. The molecular formula is C21H18N4O2. The van der Waals surface area contributed by atoms with Gasteiger partial charge in [-0.2, -0.15) is 0 Å². The number of rotatable bonds is 6. The first-order valence-corrected chi connectivity index (χ1v) is 8.52. The number of anilines is 1. The summed E-state index contributed by atoms with van der Waals surface area (Å²) in [4.78, 5) is 24.7. The molecule has 2 N–H and O–H groups in total. The zero-order valence-electron chi connectivity index (χ0n) is 14.7. The van der Waals surface area contributed by atoms with Crippen molar-refractivity contribution in [1.29, 1.82) is 0 Å². The average Bonchev–Trinajstić information content (AvgIpc) is 3.16. The van der Waals surface area contributed by atoms with Gasteiger partial charge < -0.3 is 15.0 Å². The molecular weight excluding hydrogens is 340 g/mol. The predicted octanol–water partition coefficient (Wildman–Crippen LogP) is 4.00. The number of ketones is 1. The standard InChI is InChI=1S/C21H18N4O2/c1-27-16-6-4-5-15(9-16)25-20(14-10-22-13-23-11-14)21(26)18-12-24-19-8-3-2-7-17(18)19/h2-13,20,24-25H,1H3. The summed E-state index contributed by atoms with van der Waals surface area (Å²) in [5.74, 6) is 0.646. The van der Waals surface area contributed by atoms with Crippen LogP contribution in [-0.2, 0) is 0 Å². The highest BCUT2D eigenvalue weighted by Gasteiger charge is 2.25. The SMILES string of the molecule is COc1cccc(NC(C(=O)c2c[nH]c3ccccc23)c2cncnc2)c1. The number of hydrogen-bond donors (Lipinski definition) is 2. The minimum Gasteiger partial charge on any atom is -0.497 e. The number of methoxy groups -OCH3 is 1. The van der Waals surface area contributed by atoms with Crippen LogP contribution in [0.2, 0.25) is 0 Å². The lowest BCUT2D eigenvalue weighted by atomic mass is 9.98. The van der Waals surface area contributed by atoms with Gasteiger partial charge in [-0.05, 0) is 18.2 Å². The van der Waals surface area contributed by atoms with E-state index < -0.39 is 6.04 Å². The summed E-state index contributed by atoms with van der Waals surface area (Å²) in [6.45, 7) is 0. The van der Waals surface area contributed by atoms with Crippen molar-refractivity contribution in [3.63, 3.8) is 0 Å². The monoisotopic (exact) mass is 358 g/mol. The van der Waals surface area contributed by atoms with Gasteiger partial charge >= 0.3 is 0 Å². The van der Waals surface area contributed by atoms with Crippen LogP contribution in [0.15, 0.2) is 73.4 Å². The second-order valence-electron chi connectivity index (χ2n) is 6.09. The molecule has 2 aromatic heterocycles. The number of nitrogens with one attached hydrogen (secondary N) is 2. The van der Waals surface area contributed by atoms with Crippen LogP contribution in [-0.4, -0.2) is 27.8 Å². The quantitative estimate of drug-likeness (QED) is 0.509. The zero-order chi connectivity index (χ0) is 18.6. The van der Waals surface area contributed by atoms with E-state index in [2.05, 4.69) is 20.3 Å². The van der Waals surface area contributed by atoms with Crippen LogP contribution in [0.3, 0.4) is 0 Å². The van der Waals surface area contributed by atoms with Crippen LogP contribution in [0.25, 0.3) is 10.9 Å². The number of fused-ring (bicyclic) bond motifs is 1. The lowest BCUT2D eigenvalue weighted by Crippen LogP contribution is -2.21. The molecule has 134 valence electrons. The molecule has 0 aliphatic carbocycles. The second-order valence-corrected chi connectivity index (χ2v) is 6.09. The molecule has 0 radical (unpaired) electrons. The van der Waals surface area contributed by atoms with Crippen LogP contribution in [0.5, 0.6) is 5.75 Å². The smallest absolute Gasteiger partial charge is 0.191 e. The number of Topliss-reactive ketones (excluding diaryl/α,β-unsaturated/α-hetero) is 1. The average molecular weight is 358 g/mol. The van der Waals surface area contributed by atoms with Gasteiger partial charge in [-0.3, -0.25) is 4.79 Å². The van der Waals surface area contributed by atoms with Crippen molar-refractivity contribution in [2.24, 2.45) is 0 Å². The number of ether oxygens (including phenoxy) is 1. The molecule has 6 nitrogen and oxygen atoms in total. The summed E-state index contributed by atoms with van der Waals surface area (Å²) >= 11 is 0. The van der Waals surface area contributed by atoms with E-state index in [9.17, 15) is 4.79 Å². The molecule has 0 spiro atoms. The van der Waals surface area contributed by atoms with E-state index in [1.165, 1.54) is 6.33 Å². The highest BCUT2D eigenvalue weighted by atomic mass is 16.5. The largest absolute Gasteiger partial charge is 0.497 e. The first-order valence-electron chi connectivity index (χ1n) is 8.52. The molecule has 6 heteroatoms. The molecule has 27 heavy (non-hydrogen) atoms. The topological polar surface area (TPSA) is 79.9 Å². The fraction of sp³-hybridized carbons (Fsp3) is 0.0952. The summed E-state index contributed by atoms with van der Waals surface area (Å²) in [5.41, 5.74) is 3.01. The Hall–Kier alpha value is -3.67. The van der Waals surface area contributed by atoms with Gasteiger partial charge in [0.2, 0.25) is 0 Å². The van der Waals surface area contributed by atoms with Crippen molar-refractivity contribution in [2.75, 3.05) is 12.4 Å². The van der Waals surface area contributed by atoms with E-state index in [4.69, 9.17) is 4.74 Å². The molecule has 0 fully saturated rings. The maximum Gasteiger partial charge on any atom is 0.191 e. The van der Waals surface area contributed by atoms with Crippen LogP contribution in [0.1, 0.15) is 22.0 Å². The van der Waals surface area contributed by atoms with Gasteiger partial charge in [0.05, 0.1) is 7.11 Å². The second kappa shape index (κ2) is 7.29. The van der Waals surface area contributed by atoms with Crippen LogP contribution in [0, 0.1) is 0 Å². The number of carbonyl (C=O) groups excluding carboxylic acids is 1. The third-order valence-corrected chi connectivity index (χ3v) is 4.41. The Morgan fingerprint density at radius 3 is 2.74 bits per heavy atom. The third kappa shape index (κ3) is 3.37. The van der Waals surface area contributed by atoms with Crippen molar-refractivity contribution < 1.29 is 9.53 Å². The minimum atomic E-state index is -0.627. The number of aromatic amines is 1. The van der Waals surface area contributed by atoms with E-state index in [-0.39, 0.29) is 5.78 Å². The van der Waals surface area contributed by atoms with E-state index in [0.717, 1.165) is 16.6 Å². The normalized spacial score (nSPS) is 11.9. The van der Waals surface area contributed by atoms with Gasteiger partial charge in [0.15, 0.2) is 5.78 Å². The summed E-state index contributed by atoms with van der Waals surface area (Å²) < 4.78 is 5.28. The summed E-state index contributed by atoms with van der Waals surface area (Å²) in [7, 11) is 1.61. The summed E-state index contributed by atoms with van der Waals surface area (Å²) in [6, 6.07) is 14.6. The predicted molar refractivity (Wildman–Crippen MR) is 104 cm³/mol. The van der Waals surface area contributed by atoms with Gasteiger partial charge in [-0.1, -0.05) is 24.3 Å². The molecule has 1 unspecified atom stereocenters. The van der Waals surface area contributed by atoms with Crippen molar-refractivity contribution >= 4 is 22.4 Å². The van der Waals surface area contributed by atoms with Gasteiger partial charge in [0, 0.05) is 52.4 Å². The fourth-order valence-electron chi connectivity index (χ4n) is 3.07. The Morgan fingerprint density at radius 1 is 1.11 bits per heavy atom. The molecule has 4 rings (SSSR count). The number of hydrogen-bond acceptors (Lipinski definition) is 5. The first-order chi connectivity index (χ1) is 13.3. The number of H-pyrrole nitrogens is 1. The maximum absolute atomic E-state index is 13.4. The Balaban J connectivity index is 1.74. The van der Waals surface area contributed by atoms with Gasteiger partial charge in [-0.15, -0.1) is 0 Å². The van der Waals surface area contributed by atoms with Crippen molar-refractivity contribution in [2.45, 2.75) is 6.04 Å². The minimum absolute atomic E-state index is 0.0648. The van der Waals surface area contributed by atoms with E-state index >= 15 is 0 Å². The van der Waals surface area contributed by atoms with E-state index in [1.807, 2.05) is 48.5 Å². The summed E-state index contributed by atoms with van der Waals surface area (Å²) in [5, 5.41) is 4.19. The molecule has 0 aliphatic rings. The number of benzene rings is 2. The summed E-state index contributed by atoms with van der Waals surface area (Å²) in [6.07, 6.45) is 6.49. The highest BCUT2D eigenvalue weighted by molar-refractivity contribution is 6.11. The number of aromatic nitrogens is 3. The maximum atomic E-state index is 13.4. The van der Waals surface area contributed by atoms with E-state index in [1.54, 1.807) is 25.7 Å². The molecule has 0 aliphatic heterocycles. The first kappa shape index (κ1) is 16.8. The van der Waals surface area contributed by atoms with Crippen LogP contribution in [0.4, 0.5) is 5.69 Å². The van der Waals surface area contributed by atoms with Crippen molar-refractivity contribution in [1.82, 2.24) is 15.0 Å². The molecule has 2 heterocycles. The molecule has 4 aromatic rings. The van der Waals surface area contributed by atoms with Gasteiger partial charge in [-0.25, -0.2) is 9.97 Å². The van der Waals surface area contributed by atoms with Gasteiger partial charge in [0.25, 0.3) is 0 Å². The zero-order valence-corrected chi connectivity index (χ0v) is 14.7. The van der Waals surface area contributed by atoms with Gasteiger partial charge in [0.1, 0.15) is 18.1 Å². The number of carbonyl (C=O) groups is 1. The highest BCUT2D eigenvalue weighted by Crippen LogP contribution is 2.28. The van der Waals surface area contributed by atoms with E-state index in [0.29, 0.717) is 16.9 Å².